The van der Waals surface area contributed by atoms with Gasteiger partial charge in [-0.15, -0.1) is 22.7 Å². The van der Waals surface area contributed by atoms with E-state index in [1.807, 2.05) is 41.2 Å². The fourth-order valence-corrected chi connectivity index (χ4v) is 5.38. The molecule has 6 rings (SSSR count). The summed E-state index contributed by atoms with van der Waals surface area (Å²) in [6.07, 6.45) is 1.95. The number of aromatic amines is 1. The Morgan fingerprint density at radius 2 is 1.30 bits per heavy atom. The number of rotatable bonds is 0. The molecule has 0 aliphatic carbocycles. The van der Waals surface area contributed by atoms with Crippen molar-refractivity contribution in [2.24, 2.45) is 0 Å². The van der Waals surface area contributed by atoms with E-state index < -0.39 is 0 Å². The van der Waals surface area contributed by atoms with Gasteiger partial charge in [0.15, 0.2) is 0 Å². The predicted octanol–water partition coefficient (Wildman–Crippen LogP) is 7.62. The second kappa shape index (κ2) is 11.8. The van der Waals surface area contributed by atoms with Crippen LogP contribution in [-0.4, -0.2) is 19.5 Å². The molecule has 27 heavy (non-hydrogen) atoms. The minimum atomic E-state index is 0.708. The molecule has 0 saturated heterocycles. The fourth-order valence-electron chi connectivity index (χ4n) is 2.15. The molecule has 5 aromatic heterocycles. The Morgan fingerprint density at radius 3 is 1.81 bits per heavy atom. The Labute approximate surface area is 177 Å². The van der Waals surface area contributed by atoms with Gasteiger partial charge in [-0.05, 0) is 51.2 Å². The Bertz CT molecular complexity index is 943. The smallest absolute Gasteiger partial charge is 0.0453 e. The summed E-state index contributed by atoms with van der Waals surface area (Å²) in [6.45, 7) is 0. The molecule has 5 heterocycles. The molecule has 5 heteroatoms. The van der Waals surface area contributed by atoms with E-state index in [1.165, 1.54) is 20.3 Å². The van der Waals surface area contributed by atoms with Gasteiger partial charge in [0.1, 0.15) is 0 Å². The Morgan fingerprint density at radius 1 is 0.630 bits per heavy atom. The molecule has 0 amide bonds. The van der Waals surface area contributed by atoms with Crippen molar-refractivity contribution in [2.45, 2.75) is 0 Å². The van der Waals surface area contributed by atoms with Crippen molar-refractivity contribution in [3.8, 4) is 0 Å². The third kappa shape index (κ3) is 6.98. The van der Waals surface area contributed by atoms with Crippen LogP contribution in [0.5, 0.6) is 0 Å². The average molecular weight is 473 g/mol. The molecule has 0 aliphatic heterocycles. The van der Waals surface area contributed by atoms with Gasteiger partial charge in [0.25, 0.3) is 0 Å². The summed E-state index contributed by atoms with van der Waals surface area (Å²) in [5, 5.41) is 9.61. The summed E-state index contributed by atoms with van der Waals surface area (Å²) in [4.78, 5) is 7.49. The van der Waals surface area contributed by atoms with Gasteiger partial charge in [-0.1, -0.05) is 30.3 Å². The quantitative estimate of drug-likeness (QED) is 0.219. The monoisotopic (exact) mass is 473 g/mol. The van der Waals surface area contributed by atoms with Crippen LogP contribution in [0.15, 0.2) is 104 Å². The first-order valence-electron chi connectivity index (χ1n) is 8.30. The molecule has 0 saturated carbocycles. The topological polar surface area (TPSA) is 15.8 Å². The van der Waals surface area contributed by atoms with Crippen LogP contribution in [0.2, 0.25) is 0 Å². The van der Waals surface area contributed by atoms with Crippen molar-refractivity contribution in [1.29, 1.82) is 0 Å². The second-order valence-electron chi connectivity index (χ2n) is 5.22. The summed E-state index contributed by atoms with van der Waals surface area (Å²) in [5.41, 5.74) is 1.21. The SMILES string of the molecule is c1cc2sccc2s1.c1cc[se]c1.c1ccc2[nH]ccc2c1.c1ccsc1. The molecule has 6 aromatic rings. The molecule has 1 aromatic carbocycles. The molecule has 0 spiro atoms. The first-order valence-corrected chi connectivity index (χ1v) is 13.0. The number of fused-ring (bicyclic) bond motifs is 2. The van der Waals surface area contributed by atoms with Gasteiger partial charge in [-0.2, -0.15) is 11.3 Å². The van der Waals surface area contributed by atoms with Crippen molar-refractivity contribution in [3.63, 3.8) is 0 Å². The maximum atomic E-state index is 3.12. The van der Waals surface area contributed by atoms with Crippen LogP contribution >= 0.6 is 34.0 Å². The molecular weight excluding hydrogens is 453 g/mol. The zero-order valence-corrected chi connectivity index (χ0v) is 18.7. The molecule has 0 atom stereocenters. The Hall–Kier alpha value is -1.88. The summed E-state index contributed by atoms with van der Waals surface area (Å²) in [5.74, 6) is 0. The molecule has 0 fully saturated rings. The zero-order valence-electron chi connectivity index (χ0n) is 14.5. The van der Waals surface area contributed by atoms with E-state index in [1.54, 1.807) is 34.0 Å². The molecular formula is C22H19NS3Se. The number of thiophene rings is 3. The molecule has 136 valence electrons. The second-order valence-corrected chi connectivity index (χ2v) is 9.65. The van der Waals surface area contributed by atoms with Gasteiger partial charge in [-0.25, -0.2) is 0 Å². The van der Waals surface area contributed by atoms with E-state index in [2.05, 4.69) is 68.1 Å². The maximum Gasteiger partial charge on any atom is 0.0453 e. The number of aromatic nitrogens is 1. The minimum absolute atomic E-state index is 0.708. The minimum Gasteiger partial charge on any atom is -0.361 e. The number of hydrogen-bond donors (Lipinski definition) is 1. The summed E-state index contributed by atoms with van der Waals surface area (Å²) in [6, 6.07) is 22.8. The number of nitrogens with one attached hydrogen (secondary N) is 1. The van der Waals surface area contributed by atoms with Crippen LogP contribution < -0.4 is 0 Å². The van der Waals surface area contributed by atoms with Crippen molar-refractivity contribution in [2.75, 3.05) is 0 Å². The van der Waals surface area contributed by atoms with Crippen LogP contribution in [-0.2, 0) is 0 Å². The van der Waals surface area contributed by atoms with Crippen LogP contribution in [0.4, 0.5) is 0 Å². The molecule has 0 aliphatic rings. The Kier molecular flexibility index (Phi) is 8.65. The maximum absolute atomic E-state index is 3.12. The van der Waals surface area contributed by atoms with Gasteiger partial charge < -0.3 is 4.98 Å². The van der Waals surface area contributed by atoms with Gasteiger partial charge in [0, 0.05) is 21.1 Å². The van der Waals surface area contributed by atoms with Gasteiger partial charge in [-0.3, -0.25) is 0 Å². The largest absolute Gasteiger partial charge is 0.361 e. The standard InChI is InChI=1S/C8H7N.C6H4S2.C4H4S.C4H4Se/c1-2-4-8-7(3-1)5-6-9-8;1-3-7-6-2-4-8-5(1)6;2*1-2-4-5-3-1/h1-6,9H;1-4H;2*1-4H. The van der Waals surface area contributed by atoms with Crippen molar-refractivity contribution in [1.82, 2.24) is 4.98 Å². The van der Waals surface area contributed by atoms with E-state index in [-0.39, 0.29) is 0 Å². The van der Waals surface area contributed by atoms with E-state index >= 15 is 0 Å². The van der Waals surface area contributed by atoms with Crippen LogP contribution in [0, 0.1) is 0 Å². The van der Waals surface area contributed by atoms with Gasteiger partial charge in [0.2, 0.25) is 0 Å². The van der Waals surface area contributed by atoms with Crippen LogP contribution in [0.3, 0.4) is 0 Å². The average Bonchev–Trinajstić information content (AvgIpc) is 3.53. The van der Waals surface area contributed by atoms with Gasteiger partial charge in [0.05, 0.1) is 0 Å². The number of hydrogen-bond acceptors (Lipinski definition) is 3. The van der Waals surface area contributed by atoms with E-state index in [0.29, 0.717) is 14.5 Å². The first kappa shape index (κ1) is 19.9. The molecule has 0 radical (unpaired) electrons. The molecule has 1 nitrogen and oxygen atoms in total. The van der Waals surface area contributed by atoms with Crippen molar-refractivity contribution < 1.29 is 0 Å². The number of benzene rings is 1. The third-order valence-corrected chi connectivity index (χ3v) is 7.23. The number of para-hydroxylation sites is 1. The first-order chi connectivity index (χ1) is 13.4. The van der Waals surface area contributed by atoms with E-state index in [0.717, 1.165) is 0 Å². The van der Waals surface area contributed by atoms with Crippen molar-refractivity contribution in [3.05, 3.63) is 104 Å². The summed E-state index contributed by atoms with van der Waals surface area (Å²) < 4.78 is 2.82. The molecule has 1 N–H and O–H groups in total. The van der Waals surface area contributed by atoms with Crippen LogP contribution in [0.1, 0.15) is 0 Å². The Balaban J connectivity index is 0.000000108. The van der Waals surface area contributed by atoms with E-state index in [9.17, 15) is 0 Å². The van der Waals surface area contributed by atoms with Crippen molar-refractivity contribution >= 4 is 68.8 Å². The van der Waals surface area contributed by atoms with E-state index in [4.69, 9.17) is 0 Å². The van der Waals surface area contributed by atoms with Gasteiger partial charge >= 0.3 is 36.5 Å². The summed E-state index contributed by atoms with van der Waals surface area (Å²) in [7, 11) is 0. The summed E-state index contributed by atoms with van der Waals surface area (Å²) >= 11 is 6.03. The third-order valence-electron chi connectivity index (χ3n) is 3.38. The normalized spacial score (nSPS) is 9.48. The van der Waals surface area contributed by atoms with Crippen LogP contribution in [0.25, 0.3) is 20.3 Å². The molecule has 0 bridgehead atoms. The number of H-pyrrole nitrogens is 1. The fraction of sp³-hybridized carbons (Fsp3) is 0. The predicted molar refractivity (Wildman–Crippen MR) is 126 cm³/mol. The zero-order chi connectivity index (χ0) is 18.6. The molecule has 0 unspecified atom stereocenters.